The first-order chi connectivity index (χ1) is 16.6. The number of aryl methyl sites for hydroxylation is 2. The maximum Gasteiger partial charge on any atom is 0.119 e. The van der Waals surface area contributed by atoms with Gasteiger partial charge < -0.3 is 14.0 Å². The van der Waals surface area contributed by atoms with Gasteiger partial charge in [-0.25, -0.2) is 4.98 Å². The third-order valence-corrected chi connectivity index (χ3v) is 6.43. The van der Waals surface area contributed by atoms with E-state index in [9.17, 15) is 0 Å². The van der Waals surface area contributed by atoms with Crippen molar-refractivity contribution in [1.82, 2.24) is 9.55 Å². The van der Waals surface area contributed by atoms with E-state index >= 15 is 0 Å². The van der Waals surface area contributed by atoms with Crippen molar-refractivity contribution in [3.8, 4) is 11.5 Å². The Morgan fingerprint density at radius 2 is 1.68 bits per heavy atom. The van der Waals surface area contributed by atoms with E-state index in [4.69, 9.17) is 14.5 Å². The molecule has 0 bridgehead atoms. The Hall–Kier alpha value is -3.79. The van der Waals surface area contributed by atoms with Gasteiger partial charge >= 0.3 is 0 Å². The molecule has 4 nitrogen and oxygen atoms in total. The number of nitrogens with zero attached hydrogens (tertiary/aromatic N) is 2. The molecule has 4 heteroatoms. The fourth-order valence-electron chi connectivity index (χ4n) is 4.57. The van der Waals surface area contributed by atoms with E-state index in [0.29, 0.717) is 6.61 Å². The van der Waals surface area contributed by atoms with Crippen LogP contribution in [0.5, 0.6) is 11.5 Å². The summed E-state index contributed by atoms with van der Waals surface area (Å²) in [4.78, 5) is 5.05. The summed E-state index contributed by atoms with van der Waals surface area (Å²) in [5.74, 6) is 3.06. The molecule has 34 heavy (non-hydrogen) atoms. The molecular weight excluding hydrogens is 420 g/mol. The average Bonchev–Trinajstić information content (AvgIpc) is 3.24. The predicted octanol–water partition coefficient (Wildman–Crippen LogP) is 7.13. The van der Waals surface area contributed by atoms with Crippen molar-refractivity contribution in [1.29, 1.82) is 0 Å². The summed E-state index contributed by atoms with van der Waals surface area (Å²) in [5, 5.41) is 2.39. The number of benzene rings is 4. The van der Waals surface area contributed by atoms with Crippen molar-refractivity contribution in [2.24, 2.45) is 0 Å². The van der Waals surface area contributed by atoms with E-state index in [0.717, 1.165) is 35.8 Å². The van der Waals surface area contributed by atoms with Crippen molar-refractivity contribution in [2.75, 3.05) is 13.7 Å². The first kappa shape index (κ1) is 22.0. The number of methoxy groups -OCH3 is 1. The lowest BCUT2D eigenvalue weighted by Gasteiger charge is -2.16. The van der Waals surface area contributed by atoms with Crippen LogP contribution in [0.2, 0.25) is 0 Å². The van der Waals surface area contributed by atoms with Gasteiger partial charge in [0.1, 0.15) is 17.3 Å². The lowest BCUT2D eigenvalue weighted by molar-refractivity contribution is 0.301. The summed E-state index contributed by atoms with van der Waals surface area (Å²) in [6.07, 6.45) is 0.908. The number of aromatic nitrogens is 2. The zero-order valence-corrected chi connectivity index (χ0v) is 20.0. The second kappa shape index (κ2) is 9.60. The number of ether oxygens (including phenoxy) is 2. The Kier molecular flexibility index (Phi) is 6.22. The van der Waals surface area contributed by atoms with Crippen LogP contribution in [0.3, 0.4) is 0 Å². The fraction of sp³-hybridized carbons (Fsp3) is 0.233. The summed E-state index contributed by atoms with van der Waals surface area (Å²) < 4.78 is 13.7. The molecule has 1 aromatic heterocycles. The molecule has 0 N–H and O–H groups in total. The minimum absolute atomic E-state index is 0.164. The van der Waals surface area contributed by atoms with Crippen LogP contribution < -0.4 is 9.47 Å². The normalized spacial score (nSPS) is 12.2. The van der Waals surface area contributed by atoms with E-state index in [1.807, 2.05) is 18.2 Å². The van der Waals surface area contributed by atoms with Crippen LogP contribution in [0, 0.1) is 6.92 Å². The van der Waals surface area contributed by atoms with Crippen LogP contribution in [0.15, 0.2) is 84.9 Å². The molecule has 5 rings (SSSR count). The molecule has 4 aromatic carbocycles. The summed E-state index contributed by atoms with van der Waals surface area (Å²) in [5.41, 5.74) is 4.67. The molecule has 0 spiro atoms. The molecule has 0 fully saturated rings. The Morgan fingerprint density at radius 3 is 2.53 bits per heavy atom. The van der Waals surface area contributed by atoms with Gasteiger partial charge in [-0.2, -0.15) is 0 Å². The van der Waals surface area contributed by atoms with Gasteiger partial charge in [-0.05, 0) is 71.6 Å². The predicted molar refractivity (Wildman–Crippen MR) is 139 cm³/mol. The van der Waals surface area contributed by atoms with Gasteiger partial charge in [0.2, 0.25) is 0 Å². The van der Waals surface area contributed by atoms with Crippen molar-refractivity contribution < 1.29 is 9.47 Å². The van der Waals surface area contributed by atoms with Crippen LogP contribution in [-0.2, 0) is 6.54 Å². The van der Waals surface area contributed by atoms with E-state index < -0.39 is 0 Å². The first-order valence-electron chi connectivity index (χ1n) is 11.8. The molecule has 1 unspecified atom stereocenters. The zero-order chi connectivity index (χ0) is 23.5. The first-order valence-corrected chi connectivity index (χ1v) is 11.8. The van der Waals surface area contributed by atoms with Crippen molar-refractivity contribution >= 4 is 21.8 Å². The molecule has 0 aliphatic carbocycles. The average molecular weight is 451 g/mol. The van der Waals surface area contributed by atoms with E-state index in [1.54, 1.807) is 7.11 Å². The number of imidazole rings is 1. The minimum atomic E-state index is 0.164. The summed E-state index contributed by atoms with van der Waals surface area (Å²) >= 11 is 0. The van der Waals surface area contributed by atoms with Gasteiger partial charge in [0.15, 0.2) is 0 Å². The number of hydrogen-bond donors (Lipinski definition) is 0. The number of rotatable bonds is 8. The molecule has 0 amide bonds. The molecule has 1 atom stereocenters. The second-order valence-corrected chi connectivity index (χ2v) is 8.82. The van der Waals surface area contributed by atoms with Gasteiger partial charge in [0.05, 0.1) is 24.8 Å². The molecule has 1 heterocycles. The highest BCUT2D eigenvalue weighted by atomic mass is 16.5. The Bertz CT molecular complexity index is 1440. The zero-order valence-electron chi connectivity index (χ0n) is 20.0. The topological polar surface area (TPSA) is 36.3 Å². The Morgan fingerprint density at radius 1 is 0.853 bits per heavy atom. The molecular formula is C30H30N2O2. The highest BCUT2D eigenvalue weighted by Gasteiger charge is 2.18. The smallest absolute Gasteiger partial charge is 0.119 e. The highest BCUT2D eigenvalue weighted by Crippen LogP contribution is 2.30. The molecule has 0 aliphatic rings. The van der Waals surface area contributed by atoms with Crippen LogP contribution in [-0.4, -0.2) is 23.3 Å². The monoisotopic (exact) mass is 450 g/mol. The van der Waals surface area contributed by atoms with Crippen LogP contribution in [0.1, 0.15) is 36.2 Å². The van der Waals surface area contributed by atoms with Gasteiger partial charge in [-0.1, -0.05) is 55.5 Å². The van der Waals surface area contributed by atoms with E-state index in [-0.39, 0.29) is 5.92 Å². The van der Waals surface area contributed by atoms with E-state index in [2.05, 4.69) is 85.1 Å². The molecule has 0 aliphatic heterocycles. The number of fused-ring (bicyclic) bond motifs is 2. The van der Waals surface area contributed by atoms with Gasteiger partial charge in [0.25, 0.3) is 0 Å². The maximum absolute atomic E-state index is 6.01. The molecule has 0 radical (unpaired) electrons. The summed E-state index contributed by atoms with van der Waals surface area (Å²) in [7, 11) is 1.70. The number of hydrogen-bond acceptors (Lipinski definition) is 3. The van der Waals surface area contributed by atoms with Crippen molar-refractivity contribution in [2.45, 2.75) is 32.7 Å². The third-order valence-electron chi connectivity index (χ3n) is 6.43. The molecule has 0 saturated carbocycles. The molecule has 172 valence electrons. The molecule has 5 aromatic rings. The number of para-hydroxylation sites is 2. The highest BCUT2D eigenvalue weighted by molar-refractivity contribution is 5.85. The van der Waals surface area contributed by atoms with E-state index in [1.165, 1.54) is 27.4 Å². The Balaban J connectivity index is 1.40. The van der Waals surface area contributed by atoms with Crippen LogP contribution in [0.4, 0.5) is 0 Å². The quantitative estimate of drug-likeness (QED) is 0.236. The van der Waals surface area contributed by atoms with Crippen molar-refractivity contribution in [3.05, 3.63) is 102 Å². The third kappa shape index (κ3) is 4.49. The lowest BCUT2D eigenvalue weighted by atomic mass is 9.97. The Labute approximate surface area is 200 Å². The van der Waals surface area contributed by atoms with Gasteiger partial charge in [-0.15, -0.1) is 0 Å². The lowest BCUT2D eigenvalue weighted by Crippen LogP contribution is -2.11. The van der Waals surface area contributed by atoms with Gasteiger partial charge in [-0.3, -0.25) is 0 Å². The van der Waals surface area contributed by atoms with Crippen LogP contribution >= 0.6 is 0 Å². The fourth-order valence-corrected chi connectivity index (χ4v) is 4.57. The summed E-state index contributed by atoms with van der Waals surface area (Å²) in [6, 6.07) is 29.5. The van der Waals surface area contributed by atoms with Crippen molar-refractivity contribution in [3.63, 3.8) is 0 Å². The van der Waals surface area contributed by atoms with Crippen LogP contribution in [0.25, 0.3) is 21.8 Å². The standard InChI is InChI=1S/C30H30N2O2/c1-21-8-6-9-27(18-21)34-17-7-16-32-29-11-5-4-10-28(29)31-30(32)22(2)23-12-13-25-20-26(33-3)15-14-24(25)19-23/h4-6,8-15,18-20,22H,7,16-17H2,1-3H3. The minimum Gasteiger partial charge on any atom is -0.497 e. The second-order valence-electron chi connectivity index (χ2n) is 8.82. The molecule has 0 saturated heterocycles. The summed E-state index contributed by atoms with van der Waals surface area (Å²) in [6.45, 7) is 5.85. The SMILES string of the molecule is COc1ccc2cc(C(C)c3nc4ccccc4n3CCCOc3cccc(C)c3)ccc2c1. The van der Waals surface area contributed by atoms with Gasteiger partial charge in [0, 0.05) is 12.5 Å². The maximum atomic E-state index is 6.01. The largest absolute Gasteiger partial charge is 0.497 e.